The molecule has 0 spiro atoms. The number of benzene rings is 1. The first-order valence-corrected chi connectivity index (χ1v) is 9.50. The largest absolute Gasteiger partial charge is 0.486 e. The van der Waals surface area contributed by atoms with Crippen molar-refractivity contribution in [3.05, 3.63) is 65.4 Å². The zero-order valence-corrected chi connectivity index (χ0v) is 15.9. The van der Waals surface area contributed by atoms with Gasteiger partial charge in [0.15, 0.2) is 23.4 Å². The first-order valence-electron chi connectivity index (χ1n) is 8.69. The highest BCUT2D eigenvalue weighted by Crippen LogP contribution is 2.31. The summed E-state index contributed by atoms with van der Waals surface area (Å²) in [4.78, 5) is 26.8. The Kier molecular flexibility index (Phi) is 5.03. The van der Waals surface area contributed by atoms with Crippen molar-refractivity contribution < 1.29 is 23.5 Å². The van der Waals surface area contributed by atoms with Crippen LogP contribution < -0.4 is 14.8 Å². The molecule has 0 bridgehead atoms. The third kappa shape index (κ3) is 3.86. The number of furan rings is 1. The number of fused-ring (bicyclic) bond motifs is 1. The molecule has 1 aliphatic rings. The average Bonchev–Trinajstić information content (AvgIpc) is 3.39. The lowest BCUT2D eigenvalue weighted by Crippen LogP contribution is -2.41. The number of rotatable bonds is 5. The number of carbonyl (C=O) groups excluding carboxylic acids is 2. The van der Waals surface area contributed by atoms with Crippen LogP contribution in [0.4, 0.5) is 5.00 Å². The van der Waals surface area contributed by atoms with E-state index in [0.717, 1.165) is 0 Å². The minimum absolute atomic E-state index is 0.147. The maximum atomic E-state index is 12.7. The van der Waals surface area contributed by atoms with Gasteiger partial charge in [0.2, 0.25) is 0 Å². The quantitative estimate of drug-likeness (QED) is 0.711. The van der Waals surface area contributed by atoms with Gasteiger partial charge in [-0.05, 0) is 36.4 Å². The number of hydrogen-bond acceptors (Lipinski definition) is 6. The molecule has 2 aromatic heterocycles. The van der Waals surface area contributed by atoms with Gasteiger partial charge in [0.1, 0.15) is 6.61 Å². The number of nitrogens with zero attached hydrogens (tertiary/aromatic N) is 1. The lowest BCUT2D eigenvalue weighted by atomic mass is 10.2. The van der Waals surface area contributed by atoms with Gasteiger partial charge in [-0.1, -0.05) is 12.1 Å². The molecule has 1 atom stereocenters. The molecule has 0 saturated carbocycles. The van der Waals surface area contributed by atoms with Gasteiger partial charge in [0, 0.05) is 7.05 Å². The van der Waals surface area contributed by atoms with Crippen molar-refractivity contribution in [2.75, 3.05) is 25.5 Å². The lowest BCUT2D eigenvalue weighted by molar-refractivity contribution is 0.0524. The topological polar surface area (TPSA) is 81.0 Å². The number of hydrogen-bond donors (Lipinski definition) is 1. The van der Waals surface area contributed by atoms with E-state index >= 15 is 0 Å². The molecule has 3 aromatic rings. The Balaban J connectivity index is 1.35. The van der Waals surface area contributed by atoms with E-state index in [1.54, 1.807) is 36.2 Å². The van der Waals surface area contributed by atoms with Crippen LogP contribution in [-0.2, 0) is 0 Å². The van der Waals surface area contributed by atoms with E-state index in [4.69, 9.17) is 13.9 Å². The molecule has 1 aliphatic heterocycles. The fourth-order valence-electron chi connectivity index (χ4n) is 2.83. The van der Waals surface area contributed by atoms with Crippen LogP contribution in [0, 0.1) is 0 Å². The normalized spacial score (nSPS) is 15.1. The number of likely N-dealkylation sites (N-methyl/N-ethyl adjacent to an activating group) is 1. The molecule has 144 valence electrons. The number of nitrogens with one attached hydrogen (secondary N) is 1. The van der Waals surface area contributed by atoms with E-state index in [-0.39, 0.29) is 23.7 Å². The van der Waals surface area contributed by atoms with Crippen molar-refractivity contribution >= 4 is 28.2 Å². The Morgan fingerprint density at radius 3 is 2.75 bits per heavy atom. The maximum Gasteiger partial charge on any atom is 0.291 e. The average molecular weight is 398 g/mol. The summed E-state index contributed by atoms with van der Waals surface area (Å²) in [5, 5.41) is 3.29. The lowest BCUT2D eigenvalue weighted by Gasteiger charge is -2.29. The summed E-state index contributed by atoms with van der Waals surface area (Å²) in [5.41, 5.74) is 0. The Hall–Kier alpha value is -3.26. The third-order valence-electron chi connectivity index (χ3n) is 4.19. The van der Waals surface area contributed by atoms with Crippen molar-refractivity contribution in [3.8, 4) is 11.5 Å². The summed E-state index contributed by atoms with van der Waals surface area (Å²) in [6.45, 7) is 0.767. The molecular formula is C20H18N2O5S. The Bertz CT molecular complexity index is 982. The van der Waals surface area contributed by atoms with Crippen LogP contribution in [0.25, 0.3) is 0 Å². The van der Waals surface area contributed by atoms with Gasteiger partial charge in [-0.25, -0.2) is 0 Å². The van der Waals surface area contributed by atoms with E-state index in [0.29, 0.717) is 34.5 Å². The summed E-state index contributed by atoms with van der Waals surface area (Å²) in [6.07, 6.45) is 1.19. The summed E-state index contributed by atoms with van der Waals surface area (Å²) < 4.78 is 16.7. The van der Waals surface area contributed by atoms with E-state index in [2.05, 4.69) is 5.32 Å². The molecule has 7 nitrogen and oxygen atoms in total. The van der Waals surface area contributed by atoms with Crippen molar-refractivity contribution in [1.82, 2.24) is 4.90 Å². The molecule has 1 unspecified atom stereocenters. The number of amides is 2. The van der Waals surface area contributed by atoms with Crippen molar-refractivity contribution in [3.63, 3.8) is 0 Å². The van der Waals surface area contributed by atoms with Crippen LogP contribution in [0.15, 0.2) is 59.2 Å². The second-order valence-electron chi connectivity index (χ2n) is 6.28. The number of carbonyl (C=O) groups is 2. The SMILES string of the molecule is CN(CC1COc2ccccc2O1)C(=O)c1ccc(NC(=O)c2ccco2)s1. The summed E-state index contributed by atoms with van der Waals surface area (Å²) in [5.74, 6) is 1.10. The standard InChI is InChI=1S/C20H18N2O5S/c1-22(11-13-12-26-14-5-2-3-6-15(14)27-13)20(24)17-8-9-18(28-17)21-19(23)16-7-4-10-25-16/h2-10,13H,11-12H2,1H3,(H,21,23). The summed E-state index contributed by atoms with van der Waals surface area (Å²) in [7, 11) is 1.72. The number of thiophene rings is 1. The van der Waals surface area contributed by atoms with Gasteiger partial charge in [-0.3, -0.25) is 9.59 Å². The van der Waals surface area contributed by atoms with Gasteiger partial charge in [0.05, 0.1) is 22.7 Å². The zero-order valence-electron chi connectivity index (χ0n) is 15.1. The van der Waals surface area contributed by atoms with Gasteiger partial charge in [0.25, 0.3) is 11.8 Å². The Labute approximate surface area is 165 Å². The molecule has 1 N–H and O–H groups in total. The fourth-order valence-corrected chi connectivity index (χ4v) is 3.73. The van der Waals surface area contributed by atoms with Crippen molar-refractivity contribution in [2.24, 2.45) is 0 Å². The molecule has 3 heterocycles. The van der Waals surface area contributed by atoms with Crippen LogP contribution in [0.3, 0.4) is 0 Å². The van der Waals surface area contributed by atoms with E-state index in [1.807, 2.05) is 24.3 Å². The molecule has 8 heteroatoms. The van der Waals surface area contributed by atoms with Crippen LogP contribution >= 0.6 is 11.3 Å². The number of para-hydroxylation sites is 2. The predicted octanol–water partition coefficient (Wildman–Crippen LogP) is 3.51. The molecule has 0 saturated heterocycles. The zero-order chi connectivity index (χ0) is 19.5. The molecule has 28 heavy (non-hydrogen) atoms. The van der Waals surface area contributed by atoms with E-state index in [9.17, 15) is 9.59 Å². The smallest absolute Gasteiger partial charge is 0.291 e. The van der Waals surface area contributed by atoms with Crippen LogP contribution in [-0.4, -0.2) is 43.0 Å². The molecule has 0 aliphatic carbocycles. The number of anilines is 1. The van der Waals surface area contributed by atoms with Crippen LogP contribution in [0.2, 0.25) is 0 Å². The van der Waals surface area contributed by atoms with Gasteiger partial charge in [-0.15, -0.1) is 11.3 Å². The highest BCUT2D eigenvalue weighted by Gasteiger charge is 2.25. The highest BCUT2D eigenvalue weighted by atomic mass is 32.1. The summed E-state index contributed by atoms with van der Waals surface area (Å²) in [6, 6.07) is 14.1. The first-order chi connectivity index (χ1) is 13.6. The first kappa shape index (κ1) is 18.1. The minimum Gasteiger partial charge on any atom is -0.486 e. The van der Waals surface area contributed by atoms with Gasteiger partial charge in [-0.2, -0.15) is 0 Å². The second-order valence-corrected chi connectivity index (χ2v) is 7.36. The van der Waals surface area contributed by atoms with E-state index < -0.39 is 0 Å². The molecule has 1 aromatic carbocycles. The Morgan fingerprint density at radius 1 is 1.14 bits per heavy atom. The molecule has 2 amide bonds. The molecule has 4 rings (SSSR count). The second kappa shape index (κ2) is 7.77. The van der Waals surface area contributed by atoms with Crippen molar-refractivity contribution in [1.29, 1.82) is 0 Å². The fraction of sp³-hybridized carbons (Fsp3) is 0.200. The predicted molar refractivity (Wildman–Crippen MR) is 104 cm³/mol. The third-order valence-corrected chi connectivity index (χ3v) is 5.18. The van der Waals surface area contributed by atoms with Crippen LogP contribution in [0.1, 0.15) is 20.2 Å². The van der Waals surface area contributed by atoms with E-state index in [1.165, 1.54) is 17.6 Å². The Morgan fingerprint density at radius 2 is 1.96 bits per heavy atom. The van der Waals surface area contributed by atoms with Gasteiger partial charge >= 0.3 is 0 Å². The monoisotopic (exact) mass is 398 g/mol. The molecule has 0 radical (unpaired) electrons. The molecular weight excluding hydrogens is 380 g/mol. The van der Waals surface area contributed by atoms with Crippen LogP contribution in [0.5, 0.6) is 11.5 Å². The maximum absolute atomic E-state index is 12.7. The minimum atomic E-state index is -0.356. The van der Waals surface area contributed by atoms with Crippen molar-refractivity contribution in [2.45, 2.75) is 6.10 Å². The molecule has 0 fully saturated rings. The summed E-state index contributed by atoms with van der Waals surface area (Å²) >= 11 is 1.21. The van der Waals surface area contributed by atoms with Gasteiger partial charge < -0.3 is 24.1 Å². The highest BCUT2D eigenvalue weighted by molar-refractivity contribution is 7.18. The number of ether oxygens (including phenoxy) is 2.